The third kappa shape index (κ3) is 2.42. The number of nitrogens with zero attached hydrogens (tertiary/aromatic N) is 3. The van der Waals surface area contributed by atoms with Crippen LogP contribution in [0, 0.1) is 18.8 Å². The summed E-state index contributed by atoms with van der Waals surface area (Å²) in [5.74, 6) is 0.00193. The topological polar surface area (TPSA) is 109 Å². The highest BCUT2D eigenvalue weighted by Gasteiger charge is 2.63. The molecule has 0 saturated carbocycles. The van der Waals surface area contributed by atoms with Crippen molar-refractivity contribution < 1.29 is 14.3 Å². The summed E-state index contributed by atoms with van der Waals surface area (Å²) in [4.78, 5) is 43.2. The molecule has 2 amide bonds. The monoisotopic (exact) mass is 385 g/mol. The molecule has 2 bridgehead atoms. The van der Waals surface area contributed by atoms with Gasteiger partial charge in [-0.25, -0.2) is 9.50 Å². The van der Waals surface area contributed by atoms with Gasteiger partial charge < -0.3 is 15.0 Å². The number of likely N-dealkylation sites (tertiary alicyclic amines) is 1. The summed E-state index contributed by atoms with van der Waals surface area (Å²) in [7, 11) is 0. The molecule has 0 aliphatic carbocycles. The van der Waals surface area contributed by atoms with Gasteiger partial charge in [0.1, 0.15) is 5.56 Å². The van der Waals surface area contributed by atoms with Crippen LogP contribution in [0.25, 0.3) is 5.65 Å². The summed E-state index contributed by atoms with van der Waals surface area (Å²) < 4.78 is 7.60. The second-order valence-electron chi connectivity index (χ2n) is 8.26. The average Bonchev–Trinajstić information content (AvgIpc) is 3.38. The van der Waals surface area contributed by atoms with Crippen LogP contribution in [-0.2, 0) is 9.53 Å². The molecule has 5 rings (SSSR count). The van der Waals surface area contributed by atoms with Crippen molar-refractivity contribution in [3.8, 4) is 0 Å². The maximum absolute atomic E-state index is 13.1. The molecule has 5 heterocycles. The standard InChI is InChI=1S/C19H23N5O4/c1-10-5-16-21-7-13(18(27)24(16)22-10)17(26)23-8-14-12(6-20-11(2)25)15-3-4-19(14,9-23)28-15/h5,7,12,14-15,22H,3-4,6,8-9H2,1-2H3,(H,20,25)/t12-,14+,15+,19+/m0/s1. The molecule has 3 aliphatic rings. The normalized spacial score (nSPS) is 30.8. The Morgan fingerprint density at radius 3 is 3.07 bits per heavy atom. The molecule has 2 aromatic heterocycles. The van der Waals surface area contributed by atoms with Crippen LogP contribution in [0.3, 0.4) is 0 Å². The Morgan fingerprint density at radius 2 is 2.29 bits per heavy atom. The number of ether oxygens (including phenoxy) is 1. The molecule has 3 aliphatic heterocycles. The van der Waals surface area contributed by atoms with Crippen LogP contribution in [0.2, 0.25) is 0 Å². The van der Waals surface area contributed by atoms with E-state index in [9.17, 15) is 14.4 Å². The number of carbonyl (C=O) groups excluding carboxylic acids is 2. The van der Waals surface area contributed by atoms with Crippen LogP contribution in [0.4, 0.5) is 0 Å². The van der Waals surface area contributed by atoms with E-state index in [2.05, 4.69) is 15.4 Å². The van der Waals surface area contributed by atoms with Gasteiger partial charge in [-0.1, -0.05) is 0 Å². The summed E-state index contributed by atoms with van der Waals surface area (Å²) in [5, 5.41) is 5.82. The zero-order valence-electron chi connectivity index (χ0n) is 15.9. The molecule has 3 saturated heterocycles. The SMILES string of the molecule is CC(=O)NC[C@H]1[C@H]2CN(C(=O)c3cnc4cc(C)[nH]n4c3=O)C[C@]23CC[C@H]1O3. The minimum Gasteiger partial charge on any atom is -0.369 e. The highest BCUT2D eigenvalue weighted by Crippen LogP contribution is 2.54. The predicted molar refractivity (Wildman–Crippen MR) is 99.0 cm³/mol. The first-order valence-corrected chi connectivity index (χ1v) is 9.67. The van der Waals surface area contributed by atoms with Crippen LogP contribution in [-0.4, -0.2) is 62.7 Å². The van der Waals surface area contributed by atoms with Crippen molar-refractivity contribution in [2.75, 3.05) is 19.6 Å². The Hall–Kier alpha value is -2.68. The number of aromatic nitrogens is 3. The fourth-order valence-corrected chi connectivity index (χ4v) is 5.28. The van der Waals surface area contributed by atoms with E-state index in [1.165, 1.54) is 17.6 Å². The number of aromatic amines is 1. The van der Waals surface area contributed by atoms with Gasteiger partial charge >= 0.3 is 0 Å². The van der Waals surface area contributed by atoms with Gasteiger partial charge in [0.2, 0.25) is 5.91 Å². The van der Waals surface area contributed by atoms with Crippen LogP contribution >= 0.6 is 0 Å². The van der Waals surface area contributed by atoms with E-state index < -0.39 is 5.56 Å². The number of rotatable bonds is 3. The molecule has 148 valence electrons. The van der Waals surface area contributed by atoms with Crippen molar-refractivity contribution in [2.45, 2.75) is 38.4 Å². The third-order valence-corrected chi connectivity index (χ3v) is 6.51. The Labute approximate surface area is 161 Å². The lowest BCUT2D eigenvalue weighted by atomic mass is 9.73. The number of fused-ring (bicyclic) bond motifs is 2. The lowest BCUT2D eigenvalue weighted by Crippen LogP contribution is -2.41. The largest absolute Gasteiger partial charge is 0.369 e. The van der Waals surface area contributed by atoms with E-state index in [0.29, 0.717) is 25.3 Å². The van der Waals surface area contributed by atoms with Gasteiger partial charge in [0.15, 0.2) is 5.65 Å². The third-order valence-electron chi connectivity index (χ3n) is 6.51. The van der Waals surface area contributed by atoms with Crippen molar-refractivity contribution in [1.82, 2.24) is 24.8 Å². The number of nitrogens with one attached hydrogen (secondary N) is 2. The molecular weight excluding hydrogens is 362 g/mol. The van der Waals surface area contributed by atoms with Crippen LogP contribution in [0.1, 0.15) is 35.8 Å². The maximum Gasteiger partial charge on any atom is 0.285 e. The van der Waals surface area contributed by atoms with E-state index in [1.54, 1.807) is 11.0 Å². The number of hydrogen-bond donors (Lipinski definition) is 2. The van der Waals surface area contributed by atoms with Crippen LogP contribution < -0.4 is 10.9 Å². The van der Waals surface area contributed by atoms with Crippen LogP contribution in [0.15, 0.2) is 17.1 Å². The lowest BCUT2D eigenvalue weighted by molar-refractivity contribution is -0.119. The molecule has 9 nitrogen and oxygen atoms in total. The Morgan fingerprint density at radius 1 is 1.46 bits per heavy atom. The Balaban J connectivity index is 1.41. The minimum absolute atomic E-state index is 0.0589. The molecule has 1 spiro atoms. The number of hydrogen-bond acceptors (Lipinski definition) is 5. The molecule has 0 unspecified atom stereocenters. The maximum atomic E-state index is 13.1. The highest BCUT2D eigenvalue weighted by molar-refractivity contribution is 5.94. The van der Waals surface area contributed by atoms with E-state index in [4.69, 9.17) is 4.74 Å². The number of aryl methyl sites for hydroxylation is 1. The number of H-pyrrole nitrogens is 1. The summed E-state index contributed by atoms with van der Waals surface area (Å²) >= 11 is 0. The summed E-state index contributed by atoms with van der Waals surface area (Å²) in [6, 6.07) is 1.76. The van der Waals surface area contributed by atoms with E-state index in [1.807, 2.05) is 6.92 Å². The van der Waals surface area contributed by atoms with E-state index in [0.717, 1.165) is 18.5 Å². The molecule has 4 atom stereocenters. The van der Waals surface area contributed by atoms with Gasteiger partial charge in [-0.05, 0) is 19.8 Å². The quantitative estimate of drug-likeness (QED) is 0.778. The Kier molecular flexibility index (Phi) is 3.67. The first kappa shape index (κ1) is 17.4. The molecule has 3 fully saturated rings. The summed E-state index contributed by atoms with van der Waals surface area (Å²) in [5.41, 5.74) is 0.616. The highest BCUT2D eigenvalue weighted by atomic mass is 16.5. The molecule has 0 aromatic carbocycles. The minimum atomic E-state index is -0.391. The van der Waals surface area contributed by atoms with Crippen molar-refractivity contribution in [1.29, 1.82) is 0 Å². The molecule has 0 radical (unpaired) electrons. The molecule has 2 aromatic rings. The zero-order valence-corrected chi connectivity index (χ0v) is 15.9. The summed E-state index contributed by atoms with van der Waals surface area (Å²) in [6.45, 7) is 4.92. The fourth-order valence-electron chi connectivity index (χ4n) is 5.28. The van der Waals surface area contributed by atoms with Gasteiger partial charge in [0.25, 0.3) is 11.5 Å². The fraction of sp³-hybridized carbons (Fsp3) is 0.579. The smallest absolute Gasteiger partial charge is 0.285 e. The van der Waals surface area contributed by atoms with Crippen molar-refractivity contribution in [3.05, 3.63) is 33.9 Å². The van der Waals surface area contributed by atoms with Crippen molar-refractivity contribution >= 4 is 17.5 Å². The van der Waals surface area contributed by atoms with E-state index in [-0.39, 0.29) is 40.9 Å². The first-order chi connectivity index (χ1) is 13.4. The van der Waals surface area contributed by atoms with E-state index >= 15 is 0 Å². The second kappa shape index (κ2) is 5.91. The second-order valence-corrected chi connectivity index (χ2v) is 8.26. The summed E-state index contributed by atoms with van der Waals surface area (Å²) in [6.07, 6.45) is 3.36. The lowest BCUT2D eigenvalue weighted by Gasteiger charge is -2.29. The van der Waals surface area contributed by atoms with Crippen LogP contribution in [0.5, 0.6) is 0 Å². The molecule has 28 heavy (non-hydrogen) atoms. The van der Waals surface area contributed by atoms with Gasteiger partial charge in [-0.2, -0.15) is 0 Å². The number of carbonyl (C=O) groups is 2. The first-order valence-electron chi connectivity index (χ1n) is 9.67. The van der Waals surface area contributed by atoms with Gasteiger partial charge in [0, 0.05) is 49.8 Å². The Bertz CT molecular complexity index is 1040. The molecule has 2 N–H and O–H groups in total. The number of amides is 2. The van der Waals surface area contributed by atoms with Gasteiger partial charge in [0.05, 0.1) is 18.2 Å². The zero-order chi connectivity index (χ0) is 19.6. The van der Waals surface area contributed by atoms with Gasteiger partial charge in [-0.3, -0.25) is 19.5 Å². The molecule has 9 heteroatoms. The molecular formula is C19H23N5O4. The van der Waals surface area contributed by atoms with Crippen molar-refractivity contribution in [2.24, 2.45) is 11.8 Å². The predicted octanol–water partition coefficient (Wildman–Crippen LogP) is 0.0867. The van der Waals surface area contributed by atoms with Gasteiger partial charge in [-0.15, -0.1) is 0 Å². The van der Waals surface area contributed by atoms with Crippen molar-refractivity contribution in [3.63, 3.8) is 0 Å². The average molecular weight is 385 g/mol.